The topological polar surface area (TPSA) is 65.2 Å². The van der Waals surface area contributed by atoms with Crippen LogP contribution in [0, 0.1) is 0 Å². The predicted molar refractivity (Wildman–Crippen MR) is 102 cm³/mol. The van der Waals surface area contributed by atoms with Gasteiger partial charge in [-0.3, -0.25) is 4.79 Å². The lowest BCUT2D eigenvalue weighted by atomic mass is 10.1. The first kappa shape index (κ1) is 18.8. The van der Waals surface area contributed by atoms with Crippen molar-refractivity contribution >= 4 is 29.1 Å². The number of nitrogens with two attached hydrogens (primary N) is 1. The molecule has 1 aromatic carbocycles. The zero-order chi connectivity index (χ0) is 18.2. The molecular formula is C19H16Cl2N2O2. The minimum Gasteiger partial charge on any atom is -0.473 e. The minimum absolute atomic E-state index is 0.196. The van der Waals surface area contributed by atoms with E-state index in [1.807, 2.05) is 18.2 Å². The Morgan fingerprint density at radius 2 is 2.04 bits per heavy atom. The molecule has 4 nitrogen and oxygen atoms in total. The summed E-state index contributed by atoms with van der Waals surface area (Å²) in [6.07, 6.45) is 3.34. The molecule has 1 amide bonds. The van der Waals surface area contributed by atoms with Crippen molar-refractivity contribution in [3.05, 3.63) is 82.9 Å². The number of carbonyl (C=O) groups excluding carboxylic acids is 1. The lowest BCUT2D eigenvalue weighted by molar-refractivity contribution is 0.100. The summed E-state index contributed by atoms with van der Waals surface area (Å²) in [6.45, 7) is 3.88. The number of nitrogens with zero attached hydrogens (tertiary/aromatic N) is 1. The number of amides is 1. The normalized spacial score (nSPS) is 11.5. The summed E-state index contributed by atoms with van der Waals surface area (Å²) in [6, 6.07) is 12.3. The van der Waals surface area contributed by atoms with Crippen molar-refractivity contribution in [2.75, 3.05) is 6.61 Å². The summed E-state index contributed by atoms with van der Waals surface area (Å²) in [5.74, 6) is -0.0716. The second kappa shape index (κ2) is 9.06. The third-order valence-corrected chi connectivity index (χ3v) is 3.65. The molecule has 0 saturated carbocycles. The van der Waals surface area contributed by atoms with Crippen LogP contribution in [0.3, 0.4) is 0 Å². The van der Waals surface area contributed by atoms with Gasteiger partial charge >= 0.3 is 0 Å². The van der Waals surface area contributed by atoms with Crippen molar-refractivity contribution in [3.8, 4) is 17.1 Å². The highest BCUT2D eigenvalue weighted by Crippen LogP contribution is 2.22. The number of allylic oxidation sites excluding steroid dienone is 2. The zero-order valence-electron chi connectivity index (χ0n) is 13.3. The maximum atomic E-state index is 11.3. The number of benzene rings is 1. The van der Waals surface area contributed by atoms with E-state index in [-0.39, 0.29) is 6.61 Å². The van der Waals surface area contributed by atoms with Crippen molar-refractivity contribution in [2.45, 2.75) is 0 Å². The van der Waals surface area contributed by atoms with Crippen molar-refractivity contribution in [1.29, 1.82) is 0 Å². The van der Waals surface area contributed by atoms with E-state index in [1.54, 1.807) is 36.4 Å². The van der Waals surface area contributed by atoms with Crippen LogP contribution in [0.25, 0.3) is 11.3 Å². The number of rotatable bonds is 7. The Bertz CT molecular complexity index is 845. The zero-order valence-corrected chi connectivity index (χ0v) is 14.8. The first-order chi connectivity index (χ1) is 12.0. The molecule has 0 aliphatic carbocycles. The summed E-state index contributed by atoms with van der Waals surface area (Å²) >= 11 is 11.4. The van der Waals surface area contributed by atoms with Gasteiger partial charge in [-0.15, -0.1) is 0 Å². The van der Waals surface area contributed by atoms with Gasteiger partial charge in [-0.05, 0) is 18.2 Å². The number of pyridine rings is 1. The molecule has 128 valence electrons. The van der Waals surface area contributed by atoms with Gasteiger partial charge in [0, 0.05) is 33.3 Å². The molecule has 25 heavy (non-hydrogen) atoms. The van der Waals surface area contributed by atoms with Gasteiger partial charge < -0.3 is 10.5 Å². The van der Waals surface area contributed by atoms with Crippen LogP contribution in [-0.4, -0.2) is 17.5 Å². The maximum Gasteiger partial charge on any atom is 0.248 e. The van der Waals surface area contributed by atoms with Crippen molar-refractivity contribution in [3.63, 3.8) is 0 Å². The van der Waals surface area contributed by atoms with Gasteiger partial charge in [0.2, 0.25) is 11.8 Å². The Hall–Kier alpha value is -2.56. The second-order valence-corrected chi connectivity index (χ2v) is 5.72. The Balaban J connectivity index is 2.20. The van der Waals surface area contributed by atoms with Crippen LogP contribution >= 0.6 is 23.2 Å². The number of halogens is 2. The molecule has 1 aromatic heterocycles. The average molecular weight is 375 g/mol. The molecule has 0 aliphatic rings. The Morgan fingerprint density at radius 3 is 2.72 bits per heavy atom. The Labute approximate surface area is 156 Å². The number of aromatic nitrogens is 1. The van der Waals surface area contributed by atoms with Crippen LogP contribution in [-0.2, 0) is 0 Å². The Morgan fingerprint density at radius 1 is 1.28 bits per heavy atom. The number of carbonyl (C=O) groups is 1. The SMILES string of the molecule is C=C(Cl)/C(=C\C=C\Cl)COc1cccc(-c2cccc(C(N)=O)c2)n1. The molecular weight excluding hydrogens is 359 g/mol. The molecule has 6 heteroatoms. The number of ether oxygens (including phenoxy) is 1. The standard InChI is InChI=1S/C19H16Cl2N2O2/c1-13(21)16(7-4-10-20)12-25-18-9-3-8-17(23-18)14-5-2-6-15(11-14)19(22)24/h2-11H,1,12H2,(H2,22,24)/b10-4+,16-7-. The van der Waals surface area contributed by atoms with E-state index < -0.39 is 5.91 Å². The van der Waals surface area contributed by atoms with Crippen molar-refractivity contribution in [2.24, 2.45) is 5.73 Å². The smallest absolute Gasteiger partial charge is 0.248 e. The lowest BCUT2D eigenvalue weighted by Crippen LogP contribution is -2.10. The molecule has 2 rings (SSSR count). The van der Waals surface area contributed by atoms with Gasteiger partial charge in [-0.25, -0.2) is 4.98 Å². The van der Waals surface area contributed by atoms with Crippen molar-refractivity contribution < 1.29 is 9.53 Å². The van der Waals surface area contributed by atoms with Crippen LogP contribution in [0.4, 0.5) is 0 Å². The minimum atomic E-state index is -0.489. The van der Waals surface area contributed by atoms with Crippen LogP contribution < -0.4 is 10.5 Å². The average Bonchev–Trinajstić information content (AvgIpc) is 2.62. The molecule has 0 atom stereocenters. The highest BCUT2D eigenvalue weighted by molar-refractivity contribution is 6.31. The summed E-state index contributed by atoms with van der Waals surface area (Å²) in [7, 11) is 0. The molecule has 1 heterocycles. The van der Waals surface area contributed by atoms with Gasteiger partial charge in [0.25, 0.3) is 0 Å². The van der Waals surface area contributed by atoms with E-state index in [9.17, 15) is 4.79 Å². The molecule has 0 fully saturated rings. The fourth-order valence-electron chi connectivity index (χ4n) is 2.01. The first-order valence-corrected chi connectivity index (χ1v) is 8.13. The van der Waals surface area contributed by atoms with Gasteiger partial charge in [-0.2, -0.15) is 0 Å². The number of primary amides is 1. The summed E-state index contributed by atoms with van der Waals surface area (Å²) < 4.78 is 5.67. The van der Waals surface area contributed by atoms with E-state index in [2.05, 4.69) is 11.6 Å². The second-order valence-electron chi connectivity index (χ2n) is 5.01. The van der Waals surface area contributed by atoms with E-state index >= 15 is 0 Å². The van der Waals surface area contributed by atoms with Crippen LogP contribution in [0.15, 0.2) is 77.3 Å². The van der Waals surface area contributed by atoms with Gasteiger partial charge in [0.15, 0.2) is 0 Å². The number of hydrogen-bond acceptors (Lipinski definition) is 3. The summed E-state index contributed by atoms with van der Waals surface area (Å²) in [5.41, 5.74) is 9.21. The van der Waals surface area contributed by atoms with Crippen LogP contribution in [0.5, 0.6) is 5.88 Å². The molecule has 2 N–H and O–H groups in total. The highest BCUT2D eigenvalue weighted by Gasteiger charge is 2.07. The molecule has 0 saturated heterocycles. The molecule has 0 spiro atoms. The van der Waals surface area contributed by atoms with E-state index in [4.69, 9.17) is 33.7 Å². The first-order valence-electron chi connectivity index (χ1n) is 7.32. The lowest BCUT2D eigenvalue weighted by Gasteiger charge is -2.09. The van der Waals surface area contributed by atoms with Gasteiger partial charge in [0.05, 0.1) is 5.69 Å². The van der Waals surface area contributed by atoms with Gasteiger partial charge in [-0.1, -0.05) is 60.1 Å². The quantitative estimate of drug-likeness (QED) is 0.716. The highest BCUT2D eigenvalue weighted by atomic mass is 35.5. The monoisotopic (exact) mass is 374 g/mol. The molecule has 0 bridgehead atoms. The predicted octanol–water partition coefficient (Wildman–Crippen LogP) is 4.66. The van der Waals surface area contributed by atoms with E-state index in [0.29, 0.717) is 27.7 Å². The fraction of sp³-hybridized carbons (Fsp3) is 0.0526. The largest absolute Gasteiger partial charge is 0.473 e. The third kappa shape index (κ3) is 5.48. The fourth-order valence-corrected chi connectivity index (χ4v) is 2.20. The van der Waals surface area contributed by atoms with Gasteiger partial charge in [0.1, 0.15) is 6.61 Å². The number of hydrogen-bond donors (Lipinski definition) is 1. The maximum absolute atomic E-state index is 11.3. The summed E-state index contributed by atoms with van der Waals surface area (Å²) in [5, 5.41) is 0.361. The van der Waals surface area contributed by atoms with E-state index in [1.165, 1.54) is 5.54 Å². The Kier molecular flexibility index (Phi) is 6.81. The van der Waals surface area contributed by atoms with Crippen molar-refractivity contribution in [1.82, 2.24) is 4.98 Å². The molecule has 0 aliphatic heterocycles. The summed E-state index contributed by atoms with van der Waals surface area (Å²) in [4.78, 5) is 15.8. The molecule has 0 radical (unpaired) electrons. The third-order valence-electron chi connectivity index (χ3n) is 3.26. The van der Waals surface area contributed by atoms with E-state index in [0.717, 1.165) is 5.56 Å². The molecule has 0 unspecified atom stereocenters. The molecule has 2 aromatic rings. The van der Waals surface area contributed by atoms with Crippen LogP contribution in [0.2, 0.25) is 0 Å². The van der Waals surface area contributed by atoms with Crippen LogP contribution in [0.1, 0.15) is 10.4 Å².